The summed E-state index contributed by atoms with van der Waals surface area (Å²) in [6.45, 7) is 3.17. The van der Waals surface area contributed by atoms with Gasteiger partial charge in [0.2, 0.25) is 0 Å². The summed E-state index contributed by atoms with van der Waals surface area (Å²) in [5, 5.41) is 3.34. The fraction of sp³-hybridized carbons (Fsp3) is 0.533. The molecule has 0 unspecified atom stereocenters. The fourth-order valence-electron chi connectivity index (χ4n) is 1.81. The maximum absolute atomic E-state index is 11.1. The van der Waals surface area contributed by atoms with Crippen LogP contribution in [0.4, 0.5) is 5.69 Å². The van der Waals surface area contributed by atoms with E-state index < -0.39 is 0 Å². The molecule has 20 heavy (non-hydrogen) atoms. The first-order chi connectivity index (χ1) is 9.67. The molecule has 4 nitrogen and oxygen atoms in total. The first kappa shape index (κ1) is 16.8. The molecular weight excluding hydrogens is 322 g/mol. The lowest BCUT2D eigenvalue weighted by molar-refractivity contribution is -0.143. The Bertz CT molecular complexity index is 424. The fourth-order valence-corrected chi connectivity index (χ4v) is 2.22. The van der Waals surface area contributed by atoms with E-state index in [1.807, 2.05) is 25.1 Å². The molecule has 5 heteroatoms. The van der Waals surface area contributed by atoms with Crippen LogP contribution in [-0.2, 0) is 9.53 Å². The van der Waals surface area contributed by atoms with E-state index in [2.05, 4.69) is 21.2 Å². The maximum atomic E-state index is 11.1. The number of hydrogen-bond donors (Lipinski definition) is 1. The van der Waals surface area contributed by atoms with Crippen molar-refractivity contribution in [2.75, 3.05) is 25.6 Å². The molecule has 0 aromatic heterocycles. The standard InChI is InChI=1S/C15H22BrNO3/c1-3-20-15(18)7-5-4-6-10-17-12-8-9-13(16)14(11-12)19-2/h8-9,11,17H,3-7,10H2,1-2H3. The Morgan fingerprint density at radius 1 is 1.30 bits per heavy atom. The monoisotopic (exact) mass is 343 g/mol. The molecule has 0 atom stereocenters. The average molecular weight is 344 g/mol. The van der Waals surface area contributed by atoms with Gasteiger partial charge in [-0.15, -0.1) is 0 Å². The number of carbonyl (C=O) groups excluding carboxylic acids is 1. The van der Waals surface area contributed by atoms with Gasteiger partial charge in [-0.25, -0.2) is 0 Å². The molecule has 0 amide bonds. The van der Waals surface area contributed by atoms with Crippen LogP contribution in [0.15, 0.2) is 22.7 Å². The van der Waals surface area contributed by atoms with Gasteiger partial charge in [0.1, 0.15) is 5.75 Å². The summed E-state index contributed by atoms with van der Waals surface area (Å²) >= 11 is 3.42. The Hall–Kier alpha value is -1.23. The number of methoxy groups -OCH3 is 1. The van der Waals surface area contributed by atoms with Gasteiger partial charge in [-0.3, -0.25) is 4.79 Å². The molecule has 0 radical (unpaired) electrons. The van der Waals surface area contributed by atoms with Crippen LogP contribution in [0, 0.1) is 0 Å². The first-order valence-electron chi connectivity index (χ1n) is 6.90. The second kappa shape index (κ2) is 9.64. The maximum Gasteiger partial charge on any atom is 0.305 e. The Morgan fingerprint density at radius 2 is 2.10 bits per heavy atom. The number of unbranched alkanes of at least 4 members (excludes halogenated alkanes) is 2. The lowest BCUT2D eigenvalue weighted by atomic mass is 10.2. The number of benzene rings is 1. The third-order valence-corrected chi connectivity index (χ3v) is 3.50. The number of nitrogens with one attached hydrogen (secondary N) is 1. The van der Waals surface area contributed by atoms with Gasteiger partial charge in [-0.05, 0) is 47.8 Å². The van der Waals surface area contributed by atoms with Crippen LogP contribution in [0.3, 0.4) is 0 Å². The average Bonchev–Trinajstić information content (AvgIpc) is 2.44. The van der Waals surface area contributed by atoms with Crippen molar-refractivity contribution in [3.63, 3.8) is 0 Å². The molecule has 1 rings (SSSR count). The predicted molar refractivity (Wildman–Crippen MR) is 84.3 cm³/mol. The van der Waals surface area contributed by atoms with E-state index in [-0.39, 0.29) is 5.97 Å². The van der Waals surface area contributed by atoms with Gasteiger partial charge in [0.05, 0.1) is 18.2 Å². The molecule has 0 aliphatic heterocycles. The summed E-state index contributed by atoms with van der Waals surface area (Å²) in [7, 11) is 1.65. The van der Waals surface area contributed by atoms with Crippen LogP contribution < -0.4 is 10.1 Å². The molecule has 0 heterocycles. The highest BCUT2D eigenvalue weighted by Gasteiger charge is 2.02. The quantitative estimate of drug-likeness (QED) is 0.543. The van der Waals surface area contributed by atoms with Gasteiger partial charge in [0.25, 0.3) is 0 Å². The second-order valence-corrected chi connectivity index (χ2v) is 5.25. The lowest BCUT2D eigenvalue weighted by Crippen LogP contribution is -2.05. The molecule has 0 saturated heterocycles. The van der Waals surface area contributed by atoms with Crippen molar-refractivity contribution in [3.05, 3.63) is 22.7 Å². The summed E-state index contributed by atoms with van der Waals surface area (Å²) in [5.41, 5.74) is 1.04. The van der Waals surface area contributed by atoms with Gasteiger partial charge in [-0.2, -0.15) is 0 Å². The van der Waals surface area contributed by atoms with Crippen LogP contribution in [-0.4, -0.2) is 26.2 Å². The molecule has 0 aliphatic rings. The van der Waals surface area contributed by atoms with E-state index in [0.717, 1.165) is 41.7 Å². The molecule has 0 saturated carbocycles. The highest BCUT2D eigenvalue weighted by Crippen LogP contribution is 2.27. The van der Waals surface area contributed by atoms with Crippen LogP contribution in [0.2, 0.25) is 0 Å². The predicted octanol–water partition coefficient (Wildman–Crippen LogP) is 3.99. The zero-order chi connectivity index (χ0) is 14.8. The minimum absolute atomic E-state index is 0.0990. The molecule has 1 aromatic carbocycles. The van der Waals surface area contributed by atoms with Crippen molar-refractivity contribution in [1.29, 1.82) is 0 Å². The van der Waals surface area contributed by atoms with Crippen molar-refractivity contribution in [3.8, 4) is 5.75 Å². The largest absolute Gasteiger partial charge is 0.495 e. The summed E-state index contributed by atoms with van der Waals surface area (Å²) in [5.74, 6) is 0.718. The summed E-state index contributed by atoms with van der Waals surface area (Å²) in [6, 6.07) is 5.93. The number of rotatable bonds is 9. The van der Waals surface area contributed by atoms with Crippen LogP contribution >= 0.6 is 15.9 Å². The molecule has 1 N–H and O–H groups in total. The van der Waals surface area contributed by atoms with Crippen LogP contribution in [0.25, 0.3) is 0 Å². The number of esters is 1. The highest BCUT2D eigenvalue weighted by atomic mass is 79.9. The Balaban J connectivity index is 2.17. The van der Waals surface area contributed by atoms with Gasteiger partial charge in [0.15, 0.2) is 0 Å². The van der Waals surface area contributed by atoms with E-state index in [1.165, 1.54) is 0 Å². The van der Waals surface area contributed by atoms with E-state index in [1.54, 1.807) is 7.11 Å². The first-order valence-corrected chi connectivity index (χ1v) is 7.69. The third kappa shape index (κ3) is 6.28. The molecule has 0 aliphatic carbocycles. The molecule has 112 valence electrons. The van der Waals surface area contributed by atoms with Crippen molar-refractivity contribution in [2.24, 2.45) is 0 Å². The Kier molecular flexibility index (Phi) is 8.11. The Morgan fingerprint density at radius 3 is 2.80 bits per heavy atom. The normalized spacial score (nSPS) is 10.2. The van der Waals surface area contributed by atoms with Crippen LogP contribution in [0.5, 0.6) is 5.75 Å². The number of hydrogen-bond acceptors (Lipinski definition) is 4. The lowest BCUT2D eigenvalue weighted by Gasteiger charge is -2.09. The summed E-state index contributed by atoms with van der Waals surface area (Å²) in [4.78, 5) is 11.1. The third-order valence-electron chi connectivity index (χ3n) is 2.84. The number of carbonyl (C=O) groups is 1. The van der Waals surface area contributed by atoms with E-state index in [4.69, 9.17) is 9.47 Å². The van der Waals surface area contributed by atoms with Gasteiger partial charge < -0.3 is 14.8 Å². The van der Waals surface area contributed by atoms with Gasteiger partial charge in [-0.1, -0.05) is 6.42 Å². The van der Waals surface area contributed by atoms with E-state index in [9.17, 15) is 4.79 Å². The zero-order valence-corrected chi connectivity index (χ0v) is 13.7. The van der Waals surface area contributed by atoms with Gasteiger partial charge >= 0.3 is 5.97 Å². The molecule has 1 aromatic rings. The van der Waals surface area contributed by atoms with Crippen molar-refractivity contribution in [1.82, 2.24) is 0 Å². The molecular formula is C15H22BrNO3. The zero-order valence-electron chi connectivity index (χ0n) is 12.1. The molecule has 0 spiro atoms. The molecule has 0 fully saturated rings. The number of anilines is 1. The van der Waals surface area contributed by atoms with Gasteiger partial charge in [0, 0.05) is 24.7 Å². The highest BCUT2D eigenvalue weighted by molar-refractivity contribution is 9.10. The molecule has 0 bridgehead atoms. The van der Waals surface area contributed by atoms with Crippen molar-refractivity contribution in [2.45, 2.75) is 32.6 Å². The minimum atomic E-state index is -0.0990. The summed E-state index contributed by atoms with van der Waals surface area (Å²) < 4.78 is 11.1. The van der Waals surface area contributed by atoms with Crippen molar-refractivity contribution >= 4 is 27.6 Å². The second-order valence-electron chi connectivity index (χ2n) is 4.39. The SMILES string of the molecule is CCOC(=O)CCCCCNc1ccc(Br)c(OC)c1. The smallest absolute Gasteiger partial charge is 0.305 e. The van der Waals surface area contributed by atoms with E-state index in [0.29, 0.717) is 13.0 Å². The minimum Gasteiger partial charge on any atom is -0.495 e. The number of ether oxygens (including phenoxy) is 2. The Labute approximate surface area is 129 Å². The topological polar surface area (TPSA) is 47.6 Å². The summed E-state index contributed by atoms with van der Waals surface area (Å²) in [6.07, 6.45) is 3.43. The van der Waals surface area contributed by atoms with E-state index >= 15 is 0 Å². The van der Waals surface area contributed by atoms with Crippen molar-refractivity contribution < 1.29 is 14.3 Å². The van der Waals surface area contributed by atoms with Crippen LogP contribution in [0.1, 0.15) is 32.6 Å². The number of halogens is 1.